The van der Waals surface area contributed by atoms with Crippen molar-refractivity contribution in [2.75, 3.05) is 0 Å². The van der Waals surface area contributed by atoms with Crippen LogP contribution in [-0.2, 0) is 4.79 Å². The van der Waals surface area contributed by atoms with Gasteiger partial charge in [-0.1, -0.05) is 75.0 Å². The van der Waals surface area contributed by atoms with E-state index in [1.165, 1.54) is 24.3 Å². The largest absolute Gasteiger partial charge is 0.481 e. The highest BCUT2D eigenvalue weighted by atomic mass is 35.5. The Morgan fingerprint density at radius 1 is 1.23 bits per heavy atom. The van der Waals surface area contributed by atoms with Crippen molar-refractivity contribution in [3.05, 3.63) is 76.5 Å². The molecule has 3 aromatic rings. The summed E-state index contributed by atoms with van der Waals surface area (Å²) in [4.78, 5) is 17.7. The lowest BCUT2D eigenvalue weighted by molar-refractivity contribution is -0.158. The number of rotatable bonds is 10. The Bertz CT molecular complexity index is 1220. The van der Waals surface area contributed by atoms with Gasteiger partial charge in [0.05, 0.1) is 17.0 Å². The maximum absolute atomic E-state index is 13.4. The molecule has 0 saturated heterocycles. The SMILES string of the molecule is CCC(C=C(Cl)Cl)C(C(=O)O)(C(C)C)C(NS)c1cc(Oc2ccc(F)cc2)nc2ccccc12. The third-order valence-electron chi connectivity index (χ3n) is 6.38. The van der Waals surface area contributed by atoms with Crippen molar-refractivity contribution >= 4 is 52.9 Å². The summed E-state index contributed by atoms with van der Waals surface area (Å²) in [6.45, 7) is 5.59. The first-order chi connectivity index (χ1) is 16.6. The van der Waals surface area contributed by atoms with E-state index in [9.17, 15) is 14.3 Å². The molecule has 2 N–H and O–H groups in total. The molecule has 0 amide bonds. The van der Waals surface area contributed by atoms with Crippen LogP contribution in [0.4, 0.5) is 4.39 Å². The second-order valence-electron chi connectivity index (χ2n) is 8.55. The van der Waals surface area contributed by atoms with Crippen molar-refractivity contribution in [3.8, 4) is 11.6 Å². The number of aromatic nitrogens is 1. The number of nitrogens with zero attached hydrogens (tertiary/aromatic N) is 1. The van der Waals surface area contributed by atoms with Gasteiger partial charge in [0, 0.05) is 11.5 Å². The summed E-state index contributed by atoms with van der Waals surface area (Å²) < 4.78 is 22.3. The van der Waals surface area contributed by atoms with E-state index in [1.807, 2.05) is 45.0 Å². The van der Waals surface area contributed by atoms with E-state index in [0.29, 0.717) is 23.3 Å². The van der Waals surface area contributed by atoms with Gasteiger partial charge in [0.15, 0.2) is 0 Å². The van der Waals surface area contributed by atoms with E-state index >= 15 is 0 Å². The number of halogens is 3. The van der Waals surface area contributed by atoms with E-state index in [0.717, 1.165) is 5.39 Å². The Hall–Kier alpha value is -2.32. The average molecular weight is 537 g/mol. The molecule has 0 radical (unpaired) electrons. The Morgan fingerprint density at radius 3 is 2.43 bits per heavy atom. The number of nitrogens with one attached hydrogen (secondary N) is 1. The van der Waals surface area contributed by atoms with Gasteiger partial charge in [-0.2, -0.15) is 0 Å². The fraction of sp³-hybridized carbons (Fsp3) is 0.308. The molecule has 1 heterocycles. The number of pyridine rings is 1. The van der Waals surface area contributed by atoms with Crippen molar-refractivity contribution in [3.63, 3.8) is 0 Å². The fourth-order valence-electron chi connectivity index (χ4n) is 4.78. The molecule has 3 unspecified atom stereocenters. The van der Waals surface area contributed by atoms with E-state index in [-0.39, 0.29) is 22.1 Å². The van der Waals surface area contributed by atoms with Crippen LogP contribution in [0.25, 0.3) is 10.9 Å². The van der Waals surface area contributed by atoms with Crippen LogP contribution in [0, 0.1) is 23.1 Å². The molecular formula is C26H27Cl2FN2O3S. The molecule has 0 saturated carbocycles. The number of para-hydroxylation sites is 1. The highest BCUT2D eigenvalue weighted by molar-refractivity contribution is 7.78. The lowest BCUT2D eigenvalue weighted by Crippen LogP contribution is -2.50. The quantitative estimate of drug-likeness (QED) is 0.231. The van der Waals surface area contributed by atoms with Crippen LogP contribution in [0.5, 0.6) is 11.6 Å². The van der Waals surface area contributed by atoms with Crippen LogP contribution in [0.15, 0.2) is 65.2 Å². The number of carboxylic acid groups (broad SMARTS) is 1. The minimum absolute atomic E-state index is 0.000887. The molecule has 2 aromatic carbocycles. The van der Waals surface area contributed by atoms with Gasteiger partial charge in [-0.15, -0.1) is 0 Å². The first-order valence-electron chi connectivity index (χ1n) is 11.1. The summed E-state index contributed by atoms with van der Waals surface area (Å²) in [5.74, 6) is -1.65. The van der Waals surface area contributed by atoms with Crippen LogP contribution in [0.1, 0.15) is 38.8 Å². The van der Waals surface area contributed by atoms with Crippen LogP contribution in [-0.4, -0.2) is 16.1 Å². The normalized spacial score (nSPS) is 14.9. The highest BCUT2D eigenvalue weighted by Crippen LogP contribution is 2.51. The lowest BCUT2D eigenvalue weighted by Gasteiger charge is -2.45. The number of fused-ring (bicyclic) bond motifs is 1. The number of aliphatic carboxylic acids is 1. The second-order valence-corrected chi connectivity index (χ2v) is 9.81. The Morgan fingerprint density at radius 2 is 1.89 bits per heavy atom. The van der Waals surface area contributed by atoms with E-state index in [2.05, 4.69) is 22.5 Å². The number of hydrogen-bond donors (Lipinski definition) is 3. The van der Waals surface area contributed by atoms with Crippen molar-refractivity contribution in [1.29, 1.82) is 0 Å². The van der Waals surface area contributed by atoms with Crippen molar-refractivity contribution in [2.45, 2.75) is 33.2 Å². The number of carboxylic acids is 1. The van der Waals surface area contributed by atoms with Gasteiger partial charge < -0.3 is 9.84 Å². The van der Waals surface area contributed by atoms with Gasteiger partial charge in [0.25, 0.3) is 0 Å². The van der Waals surface area contributed by atoms with Crippen LogP contribution in [0.3, 0.4) is 0 Å². The minimum Gasteiger partial charge on any atom is -0.481 e. The van der Waals surface area contributed by atoms with E-state index < -0.39 is 23.3 Å². The molecular weight excluding hydrogens is 510 g/mol. The average Bonchev–Trinajstić information content (AvgIpc) is 2.81. The van der Waals surface area contributed by atoms with Crippen LogP contribution < -0.4 is 9.46 Å². The molecule has 186 valence electrons. The van der Waals surface area contributed by atoms with Crippen LogP contribution >= 0.6 is 36.0 Å². The summed E-state index contributed by atoms with van der Waals surface area (Å²) >= 11 is 16.4. The molecule has 0 aliphatic rings. The number of thiol groups is 1. The van der Waals surface area contributed by atoms with Gasteiger partial charge >= 0.3 is 5.97 Å². The van der Waals surface area contributed by atoms with Crippen molar-refractivity contribution < 1.29 is 19.0 Å². The number of ether oxygens (including phenoxy) is 1. The van der Waals surface area contributed by atoms with Gasteiger partial charge in [-0.25, -0.2) is 9.37 Å². The zero-order valence-electron chi connectivity index (χ0n) is 19.5. The number of benzene rings is 2. The predicted molar refractivity (Wildman–Crippen MR) is 142 cm³/mol. The topological polar surface area (TPSA) is 71.5 Å². The molecule has 3 rings (SSSR count). The summed E-state index contributed by atoms with van der Waals surface area (Å²) in [5.41, 5.74) is -0.142. The summed E-state index contributed by atoms with van der Waals surface area (Å²) in [5, 5.41) is 11.4. The van der Waals surface area contributed by atoms with Gasteiger partial charge in [0.2, 0.25) is 5.88 Å². The number of allylic oxidation sites excluding steroid dienone is 1. The summed E-state index contributed by atoms with van der Waals surface area (Å²) in [7, 11) is 0. The third kappa shape index (κ3) is 5.59. The predicted octanol–water partition coefficient (Wildman–Crippen LogP) is 7.71. The summed E-state index contributed by atoms with van der Waals surface area (Å²) in [6.07, 6.45) is 2.05. The van der Waals surface area contributed by atoms with Gasteiger partial charge in [-0.3, -0.25) is 9.52 Å². The fourth-order valence-corrected chi connectivity index (χ4v) is 5.43. The van der Waals surface area contributed by atoms with Crippen molar-refractivity contribution in [1.82, 2.24) is 9.71 Å². The molecule has 9 heteroatoms. The Labute approximate surface area is 219 Å². The molecule has 3 atom stereocenters. The van der Waals surface area contributed by atoms with Gasteiger partial charge in [-0.05, 0) is 60.2 Å². The molecule has 1 aromatic heterocycles. The number of carbonyl (C=O) groups is 1. The zero-order chi connectivity index (χ0) is 25.8. The van der Waals surface area contributed by atoms with E-state index in [4.69, 9.17) is 27.9 Å². The molecule has 5 nitrogen and oxygen atoms in total. The standard InChI is InChI=1S/C26H27Cl2FN2O3S/c1-4-16(13-22(27)28)26(15(2)3,25(32)33)24(31-35)20-14-23(30-21-8-6-5-7-19(20)21)34-18-11-9-17(29)10-12-18/h5-16,24,31,35H,4H2,1-3H3,(H,32,33). The smallest absolute Gasteiger partial charge is 0.312 e. The monoisotopic (exact) mass is 536 g/mol. The number of hydrogen-bond acceptors (Lipinski definition) is 5. The molecule has 0 fully saturated rings. The first kappa shape index (κ1) is 27.3. The van der Waals surface area contributed by atoms with E-state index in [1.54, 1.807) is 12.1 Å². The van der Waals surface area contributed by atoms with Crippen molar-refractivity contribution in [2.24, 2.45) is 17.3 Å². The molecule has 0 bridgehead atoms. The minimum atomic E-state index is -1.39. The lowest BCUT2D eigenvalue weighted by atomic mass is 9.60. The Balaban J connectivity index is 2.28. The zero-order valence-corrected chi connectivity index (χ0v) is 21.9. The second kappa shape index (κ2) is 11.6. The highest BCUT2D eigenvalue weighted by Gasteiger charge is 2.54. The summed E-state index contributed by atoms with van der Waals surface area (Å²) in [6, 6.07) is 13.9. The molecule has 0 aliphatic carbocycles. The van der Waals surface area contributed by atoms with Crippen LogP contribution in [0.2, 0.25) is 0 Å². The maximum Gasteiger partial charge on any atom is 0.312 e. The molecule has 0 aliphatic heterocycles. The van der Waals surface area contributed by atoms with Gasteiger partial charge in [0.1, 0.15) is 16.1 Å². The molecule has 0 spiro atoms. The third-order valence-corrected chi connectivity index (χ3v) is 6.89. The first-order valence-corrected chi connectivity index (χ1v) is 12.3. The maximum atomic E-state index is 13.4. The Kier molecular flexibility index (Phi) is 9.05. The molecule has 35 heavy (non-hydrogen) atoms.